The molecular formula is C16H18ClNO5. The van der Waals surface area contributed by atoms with Crippen LogP contribution in [0.3, 0.4) is 0 Å². The Labute approximate surface area is 138 Å². The summed E-state index contributed by atoms with van der Waals surface area (Å²) in [5.74, 6) is -1.85. The third kappa shape index (κ3) is 3.37. The van der Waals surface area contributed by atoms with E-state index in [4.69, 9.17) is 16.3 Å². The molecule has 0 aromatic heterocycles. The van der Waals surface area contributed by atoms with Crippen molar-refractivity contribution >= 4 is 23.4 Å². The summed E-state index contributed by atoms with van der Waals surface area (Å²) in [6.45, 7) is 1.24. The van der Waals surface area contributed by atoms with Crippen molar-refractivity contribution in [1.29, 1.82) is 0 Å². The van der Waals surface area contributed by atoms with Crippen molar-refractivity contribution in [3.05, 3.63) is 45.0 Å². The van der Waals surface area contributed by atoms with E-state index in [0.29, 0.717) is 17.0 Å². The highest BCUT2D eigenvalue weighted by Gasteiger charge is 2.57. The molecule has 124 valence electrons. The van der Waals surface area contributed by atoms with Crippen molar-refractivity contribution in [3.63, 3.8) is 0 Å². The normalized spacial score (nSPS) is 21.9. The summed E-state index contributed by atoms with van der Waals surface area (Å²) in [5, 5.41) is 11.6. The van der Waals surface area contributed by atoms with E-state index in [-0.39, 0.29) is 25.2 Å². The number of hydrogen-bond acceptors (Lipinski definition) is 5. The second-order valence-corrected chi connectivity index (χ2v) is 6.03. The first-order valence-corrected chi connectivity index (χ1v) is 7.87. The second-order valence-electron chi connectivity index (χ2n) is 5.59. The van der Waals surface area contributed by atoms with Gasteiger partial charge in [0.1, 0.15) is 5.41 Å². The maximum atomic E-state index is 12.6. The minimum atomic E-state index is -1.49. The fourth-order valence-corrected chi connectivity index (χ4v) is 3.49. The van der Waals surface area contributed by atoms with E-state index in [0.717, 1.165) is 0 Å². The second kappa shape index (κ2) is 7.08. The van der Waals surface area contributed by atoms with Gasteiger partial charge in [-0.25, -0.2) is 0 Å². The van der Waals surface area contributed by atoms with Crippen molar-refractivity contribution < 1.29 is 19.2 Å². The number of rotatable bonds is 6. The minimum absolute atomic E-state index is 0.120. The molecule has 0 saturated heterocycles. The zero-order valence-electron chi connectivity index (χ0n) is 12.8. The van der Waals surface area contributed by atoms with Gasteiger partial charge < -0.3 is 4.74 Å². The molecule has 0 spiro atoms. The van der Waals surface area contributed by atoms with Gasteiger partial charge in [-0.15, -0.1) is 0 Å². The number of carbonyl (C=O) groups is 2. The van der Waals surface area contributed by atoms with Crippen LogP contribution in [0.2, 0.25) is 5.02 Å². The summed E-state index contributed by atoms with van der Waals surface area (Å²) in [4.78, 5) is 35.8. The van der Waals surface area contributed by atoms with Gasteiger partial charge >= 0.3 is 5.97 Å². The summed E-state index contributed by atoms with van der Waals surface area (Å²) in [7, 11) is 0. The number of benzene rings is 1. The number of nitrogens with zero attached hydrogens (tertiary/aromatic N) is 1. The Morgan fingerprint density at radius 2 is 2.26 bits per heavy atom. The quantitative estimate of drug-likeness (QED) is 0.344. The average Bonchev–Trinajstić information content (AvgIpc) is 2.87. The van der Waals surface area contributed by atoms with Gasteiger partial charge in [-0.3, -0.25) is 19.7 Å². The number of esters is 1. The maximum absolute atomic E-state index is 12.6. The van der Waals surface area contributed by atoms with Gasteiger partial charge in [-0.2, -0.15) is 0 Å². The number of ketones is 1. The van der Waals surface area contributed by atoms with Gasteiger partial charge in [0, 0.05) is 16.4 Å². The number of nitro groups is 1. The maximum Gasteiger partial charge on any atom is 0.320 e. The highest BCUT2D eigenvalue weighted by atomic mass is 35.5. The molecule has 0 radical (unpaired) electrons. The summed E-state index contributed by atoms with van der Waals surface area (Å²) in [5.41, 5.74) is -0.981. The number of ether oxygens (including phenoxy) is 1. The van der Waals surface area contributed by atoms with Crippen LogP contribution in [-0.2, 0) is 14.3 Å². The molecule has 0 amide bonds. The van der Waals surface area contributed by atoms with Crippen LogP contribution in [0.25, 0.3) is 0 Å². The molecule has 1 aromatic rings. The van der Waals surface area contributed by atoms with Crippen LogP contribution in [0.4, 0.5) is 0 Å². The fraction of sp³-hybridized carbons (Fsp3) is 0.500. The van der Waals surface area contributed by atoms with E-state index in [1.54, 1.807) is 31.2 Å². The van der Waals surface area contributed by atoms with Gasteiger partial charge in [-0.05, 0) is 37.5 Å². The molecule has 7 heteroatoms. The summed E-state index contributed by atoms with van der Waals surface area (Å²) in [6, 6.07) is 6.53. The Bertz CT molecular complexity index is 633. The largest absolute Gasteiger partial charge is 0.465 e. The van der Waals surface area contributed by atoms with E-state index in [1.165, 1.54) is 0 Å². The molecule has 23 heavy (non-hydrogen) atoms. The summed E-state index contributed by atoms with van der Waals surface area (Å²) < 4.78 is 5.10. The van der Waals surface area contributed by atoms with Crippen LogP contribution in [0.15, 0.2) is 24.3 Å². The standard InChI is InChI=1S/C16H18ClNO5/c1-2-23-15(20)16(8-4-7-14(16)19)13(10-18(21)22)11-5-3-6-12(17)9-11/h3,5-6,9,13H,2,4,7-8,10H2,1H3/t13-,16?/m0/s1. The molecule has 0 heterocycles. The first kappa shape index (κ1) is 17.4. The lowest BCUT2D eigenvalue weighted by Crippen LogP contribution is -2.45. The number of carbonyl (C=O) groups excluding carboxylic acids is 2. The molecule has 1 fully saturated rings. The first-order valence-electron chi connectivity index (χ1n) is 7.49. The Kier molecular flexibility index (Phi) is 5.36. The molecule has 6 nitrogen and oxygen atoms in total. The Morgan fingerprint density at radius 1 is 1.52 bits per heavy atom. The molecule has 2 atom stereocenters. The van der Waals surface area contributed by atoms with Crippen LogP contribution >= 0.6 is 11.6 Å². The number of hydrogen-bond donors (Lipinski definition) is 0. The molecule has 0 bridgehead atoms. The fourth-order valence-electron chi connectivity index (χ4n) is 3.30. The van der Waals surface area contributed by atoms with Crippen LogP contribution < -0.4 is 0 Å². The molecule has 2 rings (SSSR count). The van der Waals surface area contributed by atoms with E-state index in [9.17, 15) is 19.7 Å². The Hall–Kier alpha value is -1.95. The predicted octanol–water partition coefficient (Wildman–Crippen LogP) is 3.00. The van der Waals surface area contributed by atoms with Crippen molar-refractivity contribution in [2.24, 2.45) is 5.41 Å². The van der Waals surface area contributed by atoms with Crippen LogP contribution in [0, 0.1) is 15.5 Å². The van der Waals surface area contributed by atoms with E-state index in [1.807, 2.05) is 0 Å². The lowest BCUT2D eigenvalue weighted by Gasteiger charge is -2.31. The monoisotopic (exact) mass is 339 g/mol. The van der Waals surface area contributed by atoms with Crippen molar-refractivity contribution in [2.75, 3.05) is 13.2 Å². The minimum Gasteiger partial charge on any atom is -0.465 e. The Balaban J connectivity index is 2.55. The molecule has 1 saturated carbocycles. The lowest BCUT2D eigenvalue weighted by atomic mass is 9.70. The van der Waals surface area contributed by atoms with Gasteiger partial charge in [0.15, 0.2) is 5.78 Å². The zero-order valence-corrected chi connectivity index (χ0v) is 13.5. The number of Topliss-reactive ketones (excluding diaryl/α,β-unsaturated/α-hetero) is 1. The van der Waals surface area contributed by atoms with E-state index < -0.39 is 28.8 Å². The average molecular weight is 340 g/mol. The van der Waals surface area contributed by atoms with Gasteiger partial charge in [-0.1, -0.05) is 23.7 Å². The van der Waals surface area contributed by atoms with E-state index in [2.05, 4.69) is 0 Å². The predicted molar refractivity (Wildman–Crippen MR) is 84.0 cm³/mol. The third-order valence-electron chi connectivity index (χ3n) is 4.29. The van der Waals surface area contributed by atoms with Gasteiger partial charge in [0.25, 0.3) is 0 Å². The Morgan fingerprint density at radius 3 is 2.78 bits per heavy atom. The highest BCUT2D eigenvalue weighted by Crippen LogP contribution is 2.48. The van der Waals surface area contributed by atoms with Crippen molar-refractivity contribution in [1.82, 2.24) is 0 Å². The van der Waals surface area contributed by atoms with Crippen LogP contribution in [0.5, 0.6) is 0 Å². The molecule has 0 aliphatic heterocycles. The highest BCUT2D eigenvalue weighted by molar-refractivity contribution is 6.30. The molecule has 1 aliphatic rings. The van der Waals surface area contributed by atoms with Gasteiger partial charge in [0.05, 0.1) is 12.5 Å². The molecule has 1 aromatic carbocycles. The topological polar surface area (TPSA) is 86.5 Å². The van der Waals surface area contributed by atoms with Crippen LogP contribution in [-0.4, -0.2) is 29.8 Å². The molecule has 1 unspecified atom stereocenters. The lowest BCUT2D eigenvalue weighted by molar-refractivity contribution is -0.485. The van der Waals surface area contributed by atoms with Crippen molar-refractivity contribution in [3.8, 4) is 0 Å². The summed E-state index contributed by atoms with van der Waals surface area (Å²) in [6.07, 6.45) is 1.01. The molecule has 1 aliphatic carbocycles. The molecule has 0 N–H and O–H groups in total. The van der Waals surface area contributed by atoms with Crippen LogP contribution in [0.1, 0.15) is 37.7 Å². The zero-order chi connectivity index (χ0) is 17.0. The summed E-state index contributed by atoms with van der Waals surface area (Å²) >= 11 is 5.98. The number of halogens is 1. The smallest absolute Gasteiger partial charge is 0.320 e. The molecular weight excluding hydrogens is 322 g/mol. The first-order chi connectivity index (χ1) is 10.9. The van der Waals surface area contributed by atoms with Crippen molar-refractivity contribution in [2.45, 2.75) is 32.1 Å². The third-order valence-corrected chi connectivity index (χ3v) is 4.52. The SMILES string of the molecule is CCOC(=O)C1([C@@H](C[N+](=O)[O-])c2cccc(Cl)c2)CCCC1=O. The van der Waals surface area contributed by atoms with Gasteiger partial charge in [0.2, 0.25) is 6.54 Å². The van der Waals surface area contributed by atoms with E-state index >= 15 is 0 Å².